The number of halogens is 3. The third-order valence-electron chi connectivity index (χ3n) is 1.69. The molecule has 0 saturated carbocycles. The molecule has 0 saturated heterocycles. The minimum Gasteiger partial charge on any atom is -0.435 e. The molecular formula is C9H9F3NOS+. The van der Waals surface area contributed by atoms with Crippen LogP contribution < -0.4 is 4.74 Å². The molecule has 82 valence electrons. The summed E-state index contributed by atoms with van der Waals surface area (Å²) >= 11 is 0. The Bertz CT molecular complexity index is 390. The van der Waals surface area contributed by atoms with E-state index in [4.69, 9.17) is 5.26 Å². The normalized spacial score (nSPS) is 9.33. The van der Waals surface area contributed by atoms with Crippen molar-refractivity contribution in [2.75, 3.05) is 0 Å². The van der Waals surface area contributed by atoms with Crippen LogP contribution in [0.1, 0.15) is 11.1 Å². The monoisotopic (exact) mass is 236 g/mol. The summed E-state index contributed by atoms with van der Waals surface area (Å²) in [4.78, 5) is 0. The van der Waals surface area contributed by atoms with E-state index in [1.807, 2.05) is 0 Å². The number of hydrogen-bond donors (Lipinski definition) is 0. The Kier molecular flexibility index (Phi) is 5.02. The van der Waals surface area contributed by atoms with E-state index in [1.165, 1.54) is 6.92 Å². The van der Waals surface area contributed by atoms with E-state index in [0.717, 1.165) is 12.1 Å². The smallest absolute Gasteiger partial charge is 0.387 e. The summed E-state index contributed by atoms with van der Waals surface area (Å²) in [7, 11) is 0. The van der Waals surface area contributed by atoms with Crippen LogP contribution in [0, 0.1) is 24.1 Å². The third kappa shape index (κ3) is 3.06. The molecule has 0 aliphatic heterocycles. The summed E-state index contributed by atoms with van der Waals surface area (Å²) in [6.45, 7) is -1.63. The van der Waals surface area contributed by atoms with Gasteiger partial charge in [-0.05, 0) is 19.1 Å². The molecule has 0 aliphatic carbocycles. The molecule has 0 radical (unpaired) electrons. The zero-order valence-corrected chi connectivity index (χ0v) is 8.95. The van der Waals surface area contributed by atoms with Gasteiger partial charge in [-0.2, -0.15) is 14.0 Å². The van der Waals surface area contributed by atoms with Crippen molar-refractivity contribution in [2.24, 2.45) is 0 Å². The summed E-state index contributed by atoms with van der Waals surface area (Å²) in [5, 5.41) is 8.52. The molecule has 0 bridgehead atoms. The Morgan fingerprint density at radius 2 is 2.00 bits per heavy atom. The molecule has 0 N–H and O–H groups in total. The van der Waals surface area contributed by atoms with Gasteiger partial charge in [0.05, 0.1) is 5.56 Å². The SMILES string of the molecule is Cc1c(OC(F)F)ccc(F)c1C#N.[SH3+]. The fourth-order valence-corrected chi connectivity index (χ4v) is 1.02. The standard InChI is InChI=1S/C9H6F3NO.H2S/c1-5-6(4-13)7(10)2-3-8(5)14-9(11)12;/h2-3,9H,1H3;1H2/p+1. The molecule has 15 heavy (non-hydrogen) atoms. The molecule has 0 unspecified atom stereocenters. The van der Waals surface area contributed by atoms with Crippen LogP contribution in [-0.4, -0.2) is 6.61 Å². The number of ether oxygens (including phenoxy) is 1. The van der Waals surface area contributed by atoms with E-state index in [9.17, 15) is 13.2 Å². The molecule has 6 heteroatoms. The molecule has 0 aliphatic rings. The van der Waals surface area contributed by atoms with Crippen LogP contribution in [-0.2, 0) is 13.5 Å². The first-order valence-electron chi connectivity index (χ1n) is 3.70. The number of hydrogen-bond acceptors (Lipinski definition) is 2. The van der Waals surface area contributed by atoms with Crippen molar-refractivity contribution in [1.82, 2.24) is 0 Å². The number of rotatable bonds is 2. The molecule has 2 nitrogen and oxygen atoms in total. The highest BCUT2D eigenvalue weighted by molar-refractivity contribution is 7.37. The third-order valence-corrected chi connectivity index (χ3v) is 1.69. The molecule has 1 aromatic carbocycles. The highest BCUT2D eigenvalue weighted by Gasteiger charge is 2.13. The zero-order valence-electron chi connectivity index (χ0n) is 7.80. The van der Waals surface area contributed by atoms with Gasteiger partial charge in [-0.1, -0.05) is 13.5 Å². The largest absolute Gasteiger partial charge is 0.435 e. The minimum absolute atomic E-state index is 0. The lowest BCUT2D eigenvalue weighted by Crippen LogP contribution is -2.04. The van der Waals surface area contributed by atoms with Gasteiger partial charge >= 0.3 is 6.61 Å². The second-order valence-electron chi connectivity index (χ2n) is 2.54. The number of benzene rings is 1. The van der Waals surface area contributed by atoms with Crippen molar-refractivity contribution in [3.05, 3.63) is 29.1 Å². The molecule has 0 heterocycles. The van der Waals surface area contributed by atoms with Gasteiger partial charge in [0.2, 0.25) is 0 Å². The summed E-state index contributed by atoms with van der Waals surface area (Å²) < 4.78 is 40.7. The van der Waals surface area contributed by atoms with E-state index in [2.05, 4.69) is 4.74 Å². The average Bonchev–Trinajstić information content (AvgIpc) is 2.10. The van der Waals surface area contributed by atoms with Gasteiger partial charge in [0.25, 0.3) is 0 Å². The minimum atomic E-state index is -2.98. The fraction of sp³-hybridized carbons (Fsp3) is 0.222. The van der Waals surface area contributed by atoms with Crippen LogP contribution >= 0.6 is 0 Å². The summed E-state index contributed by atoms with van der Waals surface area (Å²) in [6.07, 6.45) is 0. The highest BCUT2D eigenvalue weighted by atomic mass is 32.1. The Hall–Kier alpha value is -1.35. The zero-order chi connectivity index (χ0) is 10.7. The average molecular weight is 236 g/mol. The van der Waals surface area contributed by atoms with Gasteiger partial charge in [-0.25, -0.2) is 4.39 Å². The van der Waals surface area contributed by atoms with Crippen LogP contribution in [0.25, 0.3) is 0 Å². The second kappa shape index (κ2) is 5.51. The van der Waals surface area contributed by atoms with Crippen LogP contribution in [0.3, 0.4) is 0 Å². The molecule has 0 amide bonds. The predicted molar refractivity (Wildman–Crippen MR) is 54.0 cm³/mol. The van der Waals surface area contributed by atoms with Gasteiger partial charge in [-0.3, -0.25) is 0 Å². The van der Waals surface area contributed by atoms with E-state index in [0.29, 0.717) is 0 Å². The maximum absolute atomic E-state index is 12.9. The predicted octanol–water partition coefficient (Wildman–Crippen LogP) is 1.80. The maximum atomic E-state index is 12.9. The van der Waals surface area contributed by atoms with Gasteiger partial charge in [0, 0.05) is 5.56 Å². The molecular weight excluding hydrogens is 227 g/mol. The summed E-state index contributed by atoms with van der Waals surface area (Å²) in [5.41, 5.74) is -0.198. The topological polar surface area (TPSA) is 33.0 Å². The highest BCUT2D eigenvalue weighted by Crippen LogP contribution is 2.24. The number of nitrogens with zero attached hydrogens (tertiary/aromatic N) is 1. The Morgan fingerprint density at radius 1 is 1.40 bits per heavy atom. The lowest BCUT2D eigenvalue weighted by atomic mass is 10.1. The van der Waals surface area contributed by atoms with Crippen molar-refractivity contribution >= 4 is 13.5 Å². The first-order valence-corrected chi connectivity index (χ1v) is 3.70. The fourth-order valence-electron chi connectivity index (χ4n) is 1.02. The van der Waals surface area contributed by atoms with Crippen molar-refractivity contribution in [2.45, 2.75) is 13.5 Å². The van der Waals surface area contributed by atoms with Gasteiger partial charge < -0.3 is 4.74 Å². The van der Waals surface area contributed by atoms with Crippen LogP contribution in [0.2, 0.25) is 0 Å². The Balaban J connectivity index is 0.00000196. The molecule has 0 fully saturated rings. The molecule has 0 aromatic heterocycles. The molecule has 0 atom stereocenters. The van der Waals surface area contributed by atoms with Crippen LogP contribution in [0.5, 0.6) is 5.75 Å². The number of nitriles is 1. The van der Waals surface area contributed by atoms with Crippen molar-refractivity contribution < 1.29 is 17.9 Å². The molecule has 1 rings (SSSR count). The summed E-state index contributed by atoms with van der Waals surface area (Å²) in [6, 6.07) is 3.56. The first-order chi connectivity index (χ1) is 6.56. The lowest BCUT2D eigenvalue weighted by Gasteiger charge is -2.08. The Labute approximate surface area is 91.7 Å². The maximum Gasteiger partial charge on any atom is 0.387 e. The molecule has 0 spiro atoms. The first kappa shape index (κ1) is 13.7. The quantitative estimate of drug-likeness (QED) is 0.733. The van der Waals surface area contributed by atoms with E-state index >= 15 is 0 Å². The van der Waals surface area contributed by atoms with Crippen molar-refractivity contribution in [1.29, 1.82) is 5.26 Å². The molecule has 1 aromatic rings. The Morgan fingerprint density at radius 3 is 2.47 bits per heavy atom. The van der Waals surface area contributed by atoms with Crippen molar-refractivity contribution in [3.8, 4) is 11.8 Å². The lowest BCUT2D eigenvalue weighted by molar-refractivity contribution is -0.0503. The second-order valence-corrected chi connectivity index (χ2v) is 2.54. The summed E-state index contributed by atoms with van der Waals surface area (Å²) in [5.74, 6) is -0.926. The van der Waals surface area contributed by atoms with Crippen LogP contribution in [0.4, 0.5) is 13.2 Å². The van der Waals surface area contributed by atoms with Gasteiger partial charge in [0.1, 0.15) is 17.6 Å². The van der Waals surface area contributed by atoms with E-state index < -0.39 is 12.4 Å². The van der Waals surface area contributed by atoms with Gasteiger partial charge in [0.15, 0.2) is 0 Å². The number of alkyl halides is 2. The van der Waals surface area contributed by atoms with Crippen LogP contribution in [0.15, 0.2) is 12.1 Å². The van der Waals surface area contributed by atoms with E-state index in [1.54, 1.807) is 6.07 Å². The van der Waals surface area contributed by atoms with E-state index in [-0.39, 0.29) is 30.4 Å². The van der Waals surface area contributed by atoms with Crippen molar-refractivity contribution in [3.63, 3.8) is 0 Å². The van der Waals surface area contributed by atoms with Gasteiger partial charge in [-0.15, -0.1) is 0 Å².